The second-order valence-corrected chi connectivity index (χ2v) is 7.21. The molecule has 1 amide bonds. The Kier molecular flexibility index (Phi) is 6.03. The van der Waals surface area contributed by atoms with Crippen LogP contribution in [0, 0.1) is 0 Å². The molecule has 0 saturated heterocycles. The van der Waals surface area contributed by atoms with Crippen molar-refractivity contribution in [2.75, 3.05) is 11.9 Å². The molecular weight excluding hydrogens is 354 g/mol. The molecular formula is C21H25N5O2. The van der Waals surface area contributed by atoms with E-state index in [-0.39, 0.29) is 12.5 Å². The van der Waals surface area contributed by atoms with Crippen molar-refractivity contribution in [1.29, 1.82) is 0 Å². The predicted molar refractivity (Wildman–Crippen MR) is 108 cm³/mol. The molecule has 0 aliphatic rings. The second kappa shape index (κ2) is 8.65. The number of para-hydroxylation sites is 1. The van der Waals surface area contributed by atoms with E-state index in [4.69, 9.17) is 4.74 Å². The van der Waals surface area contributed by atoms with Gasteiger partial charge in [0.15, 0.2) is 6.61 Å². The van der Waals surface area contributed by atoms with Crippen LogP contribution in [0.5, 0.6) is 5.75 Å². The van der Waals surface area contributed by atoms with Gasteiger partial charge in [-0.05, 0) is 57.7 Å². The molecule has 2 aromatic carbocycles. The third kappa shape index (κ3) is 4.54. The van der Waals surface area contributed by atoms with Crippen LogP contribution in [0.2, 0.25) is 0 Å². The topological polar surface area (TPSA) is 81.9 Å². The highest BCUT2D eigenvalue weighted by Gasteiger charge is 2.16. The zero-order valence-electron chi connectivity index (χ0n) is 16.6. The molecule has 0 saturated carbocycles. The molecule has 0 fully saturated rings. The van der Waals surface area contributed by atoms with Gasteiger partial charge in [-0.15, -0.1) is 5.10 Å². The molecule has 0 spiro atoms. The minimum atomic E-state index is -0.181. The first kappa shape index (κ1) is 19.5. The fourth-order valence-corrected chi connectivity index (χ4v) is 2.99. The molecule has 0 atom stereocenters. The van der Waals surface area contributed by atoms with E-state index >= 15 is 0 Å². The molecule has 3 rings (SSSR count). The summed E-state index contributed by atoms with van der Waals surface area (Å²) in [7, 11) is 0. The van der Waals surface area contributed by atoms with Gasteiger partial charge in [0.25, 0.3) is 5.91 Å². The zero-order valence-corrected chi connectivity index (χ0v) is 16.6. The van der Waals surface area contributed by atoms with Crippen molar-refractivity contribution in [3.05, 3.63) is 59.9 Å². The van der Waals surface area contributed by atoms with Crippen molar-refractivity contribution in [2.45, 2.75) is 39.5 Å². The molecule has 3 aromatic rings. The third-order valence-corrected chi connectivity index (χ3v) is 4.46. The van der Waals surface area contributed by atoms with E-state index in [1.165, 1.54) is 6.33 Å². The number of hydrogen-bond acceptors (Lipinski definition) is 5. The molecule has 1 heterocycles. The number of benzene rings is 2. The number of hydrogen-bond donors (Lipinski definition) is 1. The summed E-state index contributed by atoms with van der Waals surface area (Å²) in [5.41, 5.74) is 3.97. The Bertz CT molecular complexity index is 892. The Morgan fingerprint density at radius 2 is 1.68 bits per heavy atom. The second-order valence-electron chi connectivity index (χ2n) is 7.21. The van der Waals surface area contributed by atoms with E-state index in [0.29, 0.717) is 17.6 Å². The number of carbonyl (C=O) groups is 1. The molecule has 0 unspecified atom stereocenters. The lowest BCUT2D eigenvalue weighted by molar-refractivity contribution is -0.118. The Labute approximate surface area is 164 Å². The number of ether oxygens (including phenoxy) is 1. The van der Waals surface area contributed by atoms with Crippen molar-refractivity contribution in [3.8, 4) is 11.4 Å². The number of anilines is 1. The van der Waals surface area contributed by atoms with Crippen molar-refractivity contribution >= 4 is 11.6 Å². The molecule has 7 heteroatoms. The summed E-state index contributed by atoms with van der Waals surface area (Å²) < 4.78 is 7.19. The van der Waals surface area contributed by atoms with Gasteiger partial charge in [-0.3, -0.25) is 4.79 Å². The van der Waals surface area contributed by atoms with Crippen LogP contribution in [0.15, 0.2) is 48.8 Å². The number of tetrazole rings is 1. The van der Waals surface area contributed by atoms with E-state index in [2.05, 4.69) is 60.7 Å². The predicted octanol–water partition coefficient (Wildman–Crippen LogP) is 3.93. The summed E-state index contributed by atoms with van der Waals surface area (Å²) in [5, 5.41) is 14.1. The molecule has 146 valence electrons. The first-order valence-corrected chi connectivity index (χ1v) is 9.34. The van der Waals surface area contributed by atoms with Crippen LogP contribution in [0.4, 0.5) is 5.69 Å². The number of nitrogens with one attached hydrogen (secondary N) is 1. The summed E-state index contributed by atoms with van der Waals surface area (Å²) in [4.78, 5) is 12.5. The van der Waals surface area contributed by atoms with Crippen LogP contribution in [0.3, 0.4) is 0 Å². The first-order chi connectivity index (χ1) is 13.5. The molecule has 0 aliphatic heterocycles. The lowest BCUT2D eigenvalue weighted by atomic mass is 9.92. The number of aromatic nitrogens is 4. The number of rotatable bonds is 7. The standard InChI is InChI=1S/C21H25N5O2/c1-14(2)18-6-5-7-19(15(3)4)21(18)23-20(27)12-28-17-10-8-16(9-11-17)26-13-22-24-25-26/h5-11,13-15H,12H2,1-4H3,(H,23,27). The number of carbonyl (C=O) groups excluding carboxylic acids is 1. The minimum absolute atomic E-state index is 0.0613. The summed E-state index contributed by atoms with van der Waals surface area (Å²) in [6, 6.07) is 13.4. The Hall–Kier alpha value is -3.22. The summed E-state index contributed by atoms with van der Waals surface area (Å²) in [6.45, 7) is 8.43. The van der Waals surface area contributed by atoms with E-state index in [0.717, 1.165) is 22.5 Å². The van der Waals surface area contributed by atoms with Crippen LogP contribution >= 0.6 is 0 Å². The quantitative estimate of drug-likeness (QED) is 0.673. The third-order valence-electron chi connectivity index (χ3n) is 4.46. The lowest BCUT2D eigenvalue weighted by Crippen LogP contribution is -2.22. The zero-order chi connectivity index (χ0) is 20.1. The highest BCUT2D eigenvalue weighted by molar-refractivity contribution is 5.93. The minimum Gasteiger partial charge on any atom is -0.484 e. The lowest BCUT2D eigenvalue weighted by Gasteiger charge is -2.20. The molecule has 28 heavy (non-hydrogen) atoms. The van der Waals surface area contributed by atoms with Crippen molar-refractivity contribution in [3.63, 3.8) is 0 Å². The molecule has 1 N–H and O–H groups in total. The van der Waals surface area contributed by atoms with Crippen molar-refractivity contribution < 1.29 is 9.53 Å². The van der Waals surface area contributed by atoms with E-state index in [1.807, 2.05) is 18.2 Å². The maximum atomic E-state index is 12.5. The van der Waals surface area contributed by atoms with E-state index in [9.17, 15) is 4.79 Å². The SMILES string of the molecule is CC(C)c1cccc(C(C)C)c1NC(=O)COc1ccc(-n2cnnn2)cc1. The highest BCUT2D eigenvalue weighted by atomic mass is 16.5. The van der Waals surface area contributed by atoms with Gasteiger partial charge in [0.1, 0.15) is 12.1 Å². The van der Waals surface area contributed by atoms with Gasteiger partial charge >= 0.3 is 0 Å². The highest BCUT2D eigenvalue weighted by Crippen LogP contribution is 2.32. The number of amides is 1. The smallest absolute Gasteiger partial charge is 0.262 e. The Morgan fingerprint density at radius 1 is 1.04 bits per heavy atom. The normalized spacial score (nSPS) is 11.1. The van der Waals surface area contributed by atoms with Crippen LogP contribution in [-0.2, 0) is 4.79 Å². The van der Waals surface area contributed by atoms with Crippen molar-refractivity contribution in [1.82, 2.24) is 20.2 Å². The maximum Gasteiger partial charge on any atom is 0.262 e. The summed E-state index contributed by atoms with van der Waals surface area (Å²) >= 11 is 0. The molecule has 0 aliphatic carbocycles. The van der Waals surface area contributed by atoms with E-state index < -0.39 is 0 Å². The van der Waals surface area contributed by atoms with E-state index in [1.54, 1.807) is 16.8 Å². The van der Waals surface area contributed by atoms with Crippen LogP contribution < -0.4 is 10.1 Å². The molecule has 7 nitrogen and oxygen atoms in total. The largest absolute Gasteiger partial charge is 0.484 e. The van der Waals surface area contributed by atoms with Gasteiger partial charge < -0.3 is 10.1 Å². The van der Waals surface area contributed by atoms with Gasteiger partial charge in [0.2, 0.25) is 0 Å². The Morgan fingerprint density at radius 3 is 2.21 bits per heavy atom. The van der Waals surface area contributed by atoms with Gasteiger partial charge in [-0.25, -0.2) is 4.68 Å². The van der Waals surface area contributed by atoms with Crippen LogP contribution in [0.25, 0.3) is 5.69 Å². The Balaban J connectivity index is 1.66. The molecule has 0 radical (unpaired) electrons. The summed E-state index contributed by atoms with van der Waals surface area (Å²) in [5.74, 6) is 1.05. The number of nitrogens with zero attached hydrogens (tertiary/aromatic N) is 4. The van der Waals surface area contributed by atoms with Gasteiger partial charge in [0, 0.05) is 5.69 Å². The fourth-order valence-electron chi connectivity index (χ4n) is 2.99. The maximum absolute atomic E-state index is 12.5. The van der Waals surface area contributed by atoms with Gasteiger partial charge in [0.05, 0.1) is 5.69 Å². The van der Waals surface area contributed by atoms with Gasteiger partial charge in [-0.2, -0.15) is 0 Å². The molecule has 0 bridgehead atoms. The molecule has 1 aromatic heterocycles. The van der Waals surface area contributed by atoms with Crippen molar-refractivity contribution in [2.24, 2.45) is 0 Å². The van der Waals surface area contributed by atoms with Crippen LogP contribution in [-0.4, -0.2) is 32.7 Å². The summed E-state index contributed by atoms with van der Waals surface area (Å²) in [6.07, 6.45) is 1.52. The monoisotopic (exact) mass is 379 g/mol. The first-order valence-electron chi connectivity index (χ1n) is 9.34. The fraction of sp³-hybridized carbons (Fsp3) is 0.333. The average Bonchev–Trinajstić information content (AvgIpc) is 3.21. The van der Waals surface area contributed by atoms with Crippen LogP contribution in [0.1, 0.15) is 50.7 Å². The van der Waals surface area contributed by atoms with Gasteiger partial charge in [-0.1, -0.05) is 45.9 Å². The average molecular weight is 379 g/mol.